The smallest absolute Gasteiger partial charge is 0.290 e. The molecule has 10 heteroatoms. The lowest BCUT2D eigenvalue weighted by Gasteiger charge is -2.02. The highest BCUT2D eigenvalue weighted by Gasteiger charge is 2.22. The second kappa shape index (κ2) is 5.66. The number of alkyl halides is 2. The molecule has 0 atom stereocenters. The van der Waals surface area contributed by atoms with E-state index < -0.39 is 5.76 Å². The summed E-state index contributed by atoms with van der Waals surface area (Å²) in [6.45, 7) is 1.74. The molecule has 2 aromatic heterocycles. The molecule has 2 N–H and O–H groups in total. The molecule has 20 heavy (non-hydrogen) atoms. The number of hydrogen-bond donors (Lipinski definition) is 1. The molecular formula is C10H10ClF2N5S2. The predicted octanol–water partition coefficient (Wildman–Crippen LogP) is 2.52. The van der Waals surface area contributed by atoms with Crippen LogP contribution in [0.4, 0.5) is 8.78 Å². The van der Waals surface area contributed by atoms with Gasteiger partial charge in [-0.2, -0.15) is 19.0 Å². The largest absolute Gasteiger partial charge is 0.389 e. The van der Waals surface area contributed by atoms with Gasteiger partial charge in [-0.3, -0.25) is 4.68 Å². The third-order valence-electron chi connectivity index (χ3n) is 2.60. The van der Waals surface area contributed by atoms with E-state index >= 15 is 0 Å². The Kier molecular flexibility index (Phi) is 4.31. The number of aryl methyl sites for hydroxylation is 1. The SMILES string of the molecule is Cc1c(C(N)=S)cnn1-c1nn(C)c(SC(F)F)c1Cl. The Morgan fingerprint density at radius 1 is 1.55 bits per heavy atom. The van der Waals surface area contributed by atoms with Gasteiger partial charge in [-0.05, 0) is 18.7 Å². The van der Waals surface area contributed by atoms with Crippen LogP contribution in [0.25, 0.3) is 5.82 Å². The van der Waals surface area contributed by atoms with Crippen molar-refractivity contribution < 1.29 is 8.78 Å². The highest BCUT2D eigenvalue weighted by Crippen LogP contribution is 2.35. The van der Waals surface area contributed by atoms with Crippen molar-refractivity contribution in [3.8, 4) is 5.82 Å². The van der Waals surface area contributed by atoms with Crippen LogP contribution in [0.3, 0.4) is 0 Å². The van der Waals surface area contributed by atoms with Crippen LogP contribution in [0.15, 0.2) is 11.2 Å². The minimum atomic E-state index is -2.58. The number of thioether (sulfide) groups is 1. The first-order chi connectivity index (χ1) is 9.32. The quantitative estimate of drug-likeness (QED) is 0.686. The third kappa shape index (κ3) is 2.65. The van der Waals surface area contributed by atoms with E-state index in [-0.39, 0.29) is 20.9 Å². The van der Waals surface area contributed by atoms with Crippen molar-refractivity contribution >= 4 is 40.6 Å². The van der Waals surface area contributed by atoms with Gasteiger partial charge < -0.3 is 5.73 Å². The van der Waals surface area contributed by atoms with Gasteiger partial charge in [-0.25, -0.2) is 4.68 Å². The van der Waals surface area contributed by atoms with Crippen LogP contribution in [0.5, 0.6) is 0 Å². The zero-order valence-electron chi connectivity index (χ0n) is 10.5. The maximum Gasteiger partial charge on any atom is 0.290 e. The van der Waals surface area contributed by atoms with Crippen LogP contribution in [0.2, 0.25) is 5.02 Å². The van der Waals surface area contributed by atoms with Crippen LogP contribution in [0.1, 0.15) is 11.3 Å². The zero-order chi connectivity index (χ0) is 15.0. The van der Waals surface area contributed by atoms with Gasteiger partial charge in [-0.15, -0.1) is 0 Å². The van der Waals surface area contributed by atoms with Gasteiger partial charge in [0, 0.05) is 7.05 Å². The van der Waals surface area contributed by atoms with Crippen LogP contribution in [-0.2, 0) is 7.05 Å². The van der Waals surface area contributed by atoms with Crippen molar-refractivity contribution in [2.24, 2.45) is 12.8 Å². The molecule has 0 amide bonds. The Morgan fingerprint density at radius 3 is 2.70 bits per heavy atom. The first-order valence-electron chi connectivity index (χ1n) is 5.35. The maximum atomic E-state index is 12.5. The summed E-state index contributed by atoms with van der Waals surface area (Å²) >= 11 is 11.3. The van der Waals surface area contributed by atoms with E-state index in [4.69, 9.17) is 29.6 Å². The summed E-state index contributed by atoms with van der Waals surface area (Å²) in [4.78, 5) is 0.197. The molecule has 108 valence electrons. The van der Waals surface area contributed by atoms with Gasteiger partial charge in [0.2, 0.25) is 0 Å². The summed E-state index contributed by atoms with van der Waals surface area (Å²) in [5, 5.41) is 8.49. The average molecular weight is 338 g/mol. The number of halogens is 3. The molecule has 0 fully saturated rings. The maximum absolute atomic E-state index is 12.5. The lowest BCUT2D eigenvalue weighted by Crippen LogP contribution is -2.11. The Balaban J connectivity index is 2.52. The van der Waals surface area contributed by atoms with Crippen LogP contribution in [-0.4, -0.2) is 30.3 Å². The first kappa shape index (κ1) is 15.2. The fourth-order valence-electron chi connectivity index (χ4n) is 1.68. The molecule has 0 bridgehead atoms. The Labute approximate surface area is 128 Å². The minimum Gasteiger partial charge on any atom is -0.389 e. The van der Waals surface area contributed by atoms with E-state index in [1.54, 1.807) is 6.92 Å². The van der Waals surface area contributed by atoms with E-state index in [1.165, 1.54) is 22.6 Å². The highest BCUT2D eigenvalue weighted by atomic mass is 35.5. The molecule has 0 spiro atoms. The Bertz CT molecular complexity index is 667. The summed E-state index contributed by atoms with van der Waals surface area (Å²) in [6.07, 6.45) is 1.49. The number of hydrogen-bond acceptors (Lipinski definition) is 4. The number of rotatable bonds is 4. The van der Waals surface area contributed by atoms with Crippen LogP contribution in [0, 0.1) is 6.92 Å². The number of nitrogens with zero attached hydrogens (tertiary/aromatic N) is 4. The first-order valence-corrected chi connectivity index (χ1v) is 7.01. The molecule has 0 saturated carbocycles. The Hall–Kier alpha value is -1.19. The van der Waals surface area contributed by atoms with Gasteiger partial charge in [0.05, 0.1) is 17.5 Å². The normalized spacial score (nSPS) is 11.3. The molecule has 0 aliphatic rings. The standard InChI is InChI=1S/C10H10ClF2N5S2/c1-4-5(7(14)19)3-15-18(4)8-6(11)9(17(2)16-8)20-10(12)13/h3,10H,1-2H3,(H2,14,19). The van der Waals surface area contributed by atoms with Gasteiger partial charge in [0.25, 0.3) is 5.76 Å². The van der Waals surface area contributed by atoms with Crippen molar-refractivity contribution in [1.82, 2.24) is 19.6 Å². The average Bonchev–Trinajstić information content (AvgIpc) is 2.84. The fourth-order valence-corrected chi connectivity index (χ4v) is 2.81. The van der Waals surface area contributed by atoms with Crippen molar-refractivity contribution in [1.29, 1.82) is 0 Å². The van der Waals surface area contributed by atoms with Crippen molar-refractivity contribution in [2.75, 3.05) is 0 Å². The summed E-state index contributed by atoms with van der Waals surface area (Å²) in [7, 11) is 1.54. The summed E-state index contributed by atoms with van der Waals surface area (Å²) in [6, 6.07) is 0. The molecule has 0 saturated heterocycles. The molecule has 0 aliphatic heterocycles. The third-order valence-corrected chi connectivity index (χ3v) is 4.15. The number of nitrogens with two attached hydrogens (primary N) is 1. The van der Waals surface area contributed by atoms with Crippen LogP contribution >= 0.6 is 35.6 Å². The molecule has 2 heterocycles. The molecule has 0 radical (unpaired) electrons. The van der Waals surface area contributed by atoms with E-state index in [0.717, 1.165) is 0 Å². The molecular weight excluding hydrogens is 328 g/mol. The second-order valence-electron chi connectivity index (χ2n) is 3.86. The molecule has 0 unspecified atom stereocenters. The topological polar surface area (TPSA) is 61.7 Å². The lowest BCUT2D eigenvalue weighted by atomic mass is 10.2. The molecule has 2 aromatic rings. The van der Waals surface area contributed by atoms with E-state index in [0.29, 0.717) is 23.0 Å². The van der Waals surface area contributed by atoms with Crippen molar-refractivity contribution in [3.63, 3.8) is 0 Å². The second-order valence-corrected chi connectivity index (χ2v) is 5.66. The molecule has 2 rings (SSSR count). The monoisotopic (exact) mass is 337 g/mol. The van der Waals surface area contributed by atoms with E-state index in [9.17, 15) is 8.78 Å². The van der Waals surface area contributed by atoms with Crippen LogP contribution < -0.4 is 5.73 Å². The highest BCUT2D eigenvalue weighted by molar-refractivity contribution is 7.99. The Morgan fingerprint density at radius 2 is 2.20 bits per heavy atom. The molecule has 0 aromatic carbocycles. The van der Waals surface area contributed by atoms with Gasteiger partial charge in [0.1, 0.15) is 15.0 Å². The lowest BCUT2D eigenvalue weighted by molar-refractivity contribution is 0.251. The summed E-state index contributed by atoms with van der Waals surface area (Å²) in [5.41, 5.74) is 6.79. The number of thiocarbonyl (C=S) groups is 1. The zero-order valence-corrected chi connectivity index (χ0v) is 12.9. The number of aromatic nitrogens is 4. The minimum absolute atomic E-state index is 0.110. The van der Waals surface area contributed by atoms with Gasteiger partial charge >= 0.3 is 0 Å². The molecule has 5 nitrogen and oxygen atoms in total. The molecule has 0 aliphatic carbocycles. The summed E-state index contributed by atoms with van der Waals surface area (Å²) in [5.74, 6) is -2.32. The van der Waals surface area contributed by atoms with E-state index in [1.807, 2.05) is 0 Å². The summed E-state index contributed by atoms with van der Waals surface area (Å²) < 4.78 is 27.7. The van der Waals surface area contributed by atoms with Gasteiger partial charge in [0.15, 0.2) is 5.82 Å². The fraction of sp³-hybridized carbons (Fsp3) is 0.300. The predicted molar refractivity (Wildman–Crippen MR) is 77.8 cm³/mol. The van der Waals surface area contributed by atoms with E-state index in [2.05, 4.69) is 10.2 Å². The van der Waals surface area contributed by atoms with Crippen molar-refractivity contribution in [3.05, 3.63) is 22.5 Å². The van der Waals surface area contributed by atoms with Crippen molar-refractivity contribution in [2.45, 2.75) is 17.7 Å². The van der Waals surface area contributed by atoms with Gasteiger partial charge in [-0.1, -0.05) is 23.8 Å².